The van der Waals surface area contributed by atoms with Gasteiger partial charge in [-0.1, -0.05) is 6.07 Å². The van der Waals surface area contributed by atoms with Gasteiger partial charge in [0.05, 0.1) is 20.8 Å². The average Bonchev–Trinajstić information content (AvgIpc) is 2.66. The Morgan fingerprint density at radius 1 is 1.08 bits per heavy atom. The van der Waals surface area contributed by atoms with Crippen LogP contribution in [0.1, 0.15) is 5.56 Å². The first-order valence-corrected chi connectivity index (χ1v) is 8.60. The van der Waals surface area contributed by atoms with E-state index < -0.39 is 0 Å². The van der Waals surface area contributed by atoms with Gasteiger partial charge in [0, 0.05) is 46.8 Å². The number of nitrogens with one attached hydrogen (secondary N) is 1. The number of carbonyl (C=O) groups excluding carboxylic acids is 2. The fraction of sp³-hybridized carbons (Fsp3) is 0.556. The van der Waals surface area contributed by atoms with Gasteiger partial charge in [-0.15, -0.1) is 0 Å². The minimum absolute atomic E-state index is 0.0163. The molecule has 1 aromatic rings. The first-order chi connectivity index (χ1) is 12.4. The number of methoxy groups -OCH3 is 2. The second-order valence-corrected chi connectivity index (χ2v) is 6.41. The van der Waals surface area contributed by atoms with E-state index in [0.717, 1.165) is 5.56 Å². The molecule has 3 amide bonds. The van der Waals surface area contributed by atoms with Crippen LogP contribution < -0.4 is 14.8 Å². The number of benzene rings is 1. The van der Waals surface area contributed by atoms with Crippen molar-refractivity contribution in [1.82, 2.24) is 20.0 Å². The second kappa shape index (κ2) is 9.28. The van der Waals surface area contributed by atoms with Gasteiger partial charge in [0.25, 0.3) is 0 Å². The van der Waals surface area contributed by atoms with Gasteiger partial charge in [-0.25, -0.2) is 4.79 Å². The van der Waals surface area contributed by atoms with Gasteiger partial charge >= 0.3 is 6.03 Å². The third-order valence-corrected chi connectivity index (χ3v) is 4.33. The normalized spacial score (nSPS) is 14.7. The van der Waals surface area contributed by atoms with Crippen molar-refractivity contribution in [2.24, 2.45) is 0 Å². The Morgan fingerprint density at radius 2 is 1.73 bits per heavy atom. The Labute approximate surface area is 154 Å². The van der Waals surface area contributed by atoms with Crippen LogP contribution in [0.4, 0.5) is 4.79 Å². The van der Waals surface area contributed by atoms with Crippen molar-refractivity contribution >= 4 is 11.9 Å². The number of hydrogen-bond acceptors (Lipinski definition) is 5. The van der Waals surface area contributed by atoms with Crippen LogP contribution in [0.5, 0.6) is 11.5 Å². The molecule has 1 saturated heterocycles. The summed E-state index contributed by atoms with van der Waals surface area (Å²) in [5, 5.41) is 2.92. The van der Waals surface area contributed by atoms with E-state index in [1.165, 1.54) is 0 Å². The first kappa shape index (κ1) is 19.8. The molecule has 1 aliphatic rings. The lowest BCUT2D eigenvalue weighted by Crippen LogP contribution is -2.53. The molecule has 1 heterocycles. The van der Waals surface area contributed by atoms with Gasteiger partial charge in [0.2, 0.25) is 5.91 Å². The maximum Gasteiger partial charge on any atom is 0.319 e. The summed E-state index contributed by atoms with van der Waals surface area (Å²) in [4.78, 5) is 29.5. The molecule has 2 rings (SSSR count). The molecule has 0 radical (unpaired) electrons. The molecule has 0 unspecified atom stereocenters. The summed E-state index contributed by atoms with van der Waals surface area (Å²) in [5.41, 5.74) is 0.942. The molecule has 8 heteroatoms. The molecule has 0 spiro atoms. The fourth-order valence-corrected chi connectivity index (χ4v) is 2.83. The largest absolute Gasteiger partial charge is 0.493 e. The van der Waals surface area contributed by atoms with Gasteiger partial charge < -0.3 is 24.6 Å². The number of piperazine rings is 1. The molecule has 26 heavy (non-hydrogen) atoms. The smallest absolute Gasteiger partial charge is 0.319 e. The summed E-state index contributed by atoms with van der Waals surface area (Å²) >= 11 is 0. The van der Waals surface area contributed by atoms with Crippen molar-refractivity contribution in [3.8, 4) is 11.5 Å². The zero-order valence-corrected chi connectivity index (χ0v) is 15.9. The lowest BCUT2D eigenvalue weighted by Gasteiger charge is -2.35. The second-order valence-electron chi connectivity index (χ2n) is 6.41. The predicted octanol–water partition coefficient (Wildman–Crippen LogP) is 0.619. The third kappa shape index (κ3) is 5.26. The summed E-state index contributed by atoms with van der Waals surface area (Å²) in [6.45, 7) is 3.43. The SMILES string of the molecule is COc1ccc(CNC(=O)CN2CCN(C(=O)N(C)C)CC2)cc1OC. The minimum atomic E-state index is -0.0350. The van der Waals surface area contributed by atoms with Crippen molar-refractivity contribution in [3.05, 3.63) is 23.8 Å². The number of nitrogens with zero attached hydrogens (tertiary/aromatic N) is 3. The molecule has 1 fully saturated rings. The van der Waals surface area contributed by atoms with Crippen molar-refractivity contribution in [1.29, 1.82) is 0 Å². The van der Waals surface area contributed by atoms with Crippen molar-refractivity contribution in [2.45, 2.75) is 6.54 Å². The van der Waals surface area contributed by atoms with E-state index >= 15 is 0 Å². The quantitative estimate of drug-likeness (QED) is 0.801. The molecule has 0 aliphatic carbocycles. The summed E-state index contributed by atoms with van der Waals surface area (Å²) in [7, 11) is 6.67. The van der Waals surface area contributed by atoms with E-state index in [1.54, 1.807) is 38.1 Å². The molecule has 1 aromatic carbocycles. The molecule has 1 aliphatic heterocycles. The molecule has 0 saturated carbocycles. The van der Waals surface area contributed by atoms with Crippen LogP contribution in [0, 0.1) is 0 Å². The number of carbonyl (C=O) groups is 2. The Balaban J connectivity index is 1.77. The highest BCUT2D eigenvalue weighted by Crippen LogP contribution is 2.27. The number of amides is 3. The van der Waals surface area contributed by atoms with E-state index in [0.29, 0.717) is 50.8 Å². The summed E-state index contributed by atoms with van der Waals surface area (Å²) in [5.74, 6) is 1.26. The van der Waals surface area contributed by atoms with Gasteiger partial charge in [-0.3, -0.25) is 9.69 Å². The summed E-state index contributed by atoms with van der Waals surface area (Å²) < 4.78 is 10.5. The standard InChI is InChI=1S/C18H28N4O4/c1-20(2)18(24)22-9-7-21(8-10-22)13-17(23)19-12-14-5-6-15(25-3)16(11-14)26-4/h5-6,11H,7-10,12-13H2,1-4H3,(H,19,23). The van der Waals surface area contributed by atoms with Crippen LogP contribution in [-0.2, 0) is 11.3 Å². The maximum atomic E-state index is 12.2. The van der Waals surface area contributed by atoms with Gasteiger partial charge in [0.1, 0.15) is 0 Å². The van der Waals surface area contributed by atoms with E-state index in [2.05, 4.69) is 10.2 Å². The van der Waals surface area contributed by atoms with Crippen molar-refractivity contribution < 1.29 is 19.1 Å². The number of rotatable bonds is 6. The minimum Gasteiger partial charge on any atom is -0.493 e. The van der Waals surface area contributed by atoms with Gasteiger partial charge in [0.15, 0.2) is 11.5 Å². The number of urea groups is 1. The molecular weight excluding hydrogens is 336 g/mol. The molecule has 0 bridgehead atoms. The van der Waals surface area contributed by atoms with E-state index in [9.17, 15) is 9.59 Å². The van der Waals surface area contributed by atoms with E-state index in [4.69, 9.17) is 9.47 Å². The van der Waals surface area contributed by atoms with Crippen LogP contribution in [0.2, 0.25) is 0 Å². The van der Waals surface area contributed by atoms with Crippen LogP contribution in [-0.4, -0.2) is 87.7 Å². The molecule has 0 aromatic heterocycles. The van der Waals surface area contributed by atoms with Crippen molar-refractivity contribution in [3.63, 3.8) is 0 Å². The van der Waals surface area contributed by atoms with Gasteiger partial charge in [-0.05, 0) is 17.7 Å². The topological polar surface area (TPSA) is 74.4 Å². The van der Waals surface area contributed by atoms with Crippen LogP contribution in [0.25, 0.3) is 0 Å². The Hall–Kier alpha value is -2.48. The Kier molecular flexibility index (Phi) is 7.08. The highest BCUT2D eigenvalue weighted by atomic mass is 16.5. The monoisotopic (exact) mass is 364 g/mol. The Morgan fingerprint density at radius 3 is 2.31 bits per heavy atom. The zero-order chi connectivity index (χ0) is 19.1. The van der Waals surface area contributed by atoms with Crippen molar-refractivity contribution in [2.75, 3.05) is 61.0 Å². The maximum absolute atomic E-state index is 12.2. The van der Waals surface area contributed by atoms with Crippen LogP contribution in [0.3, 0.4) is 0 Å². The molecular formula is C18H28N4O4. The number of hydrogen-bond donors (Lipinski definition) is 1. The highest BCUT2D eigenvalue weighted by Gasteiger charge is 2.23. The van der Waals surface area contributed by atoms with Gasteiger partial charge in [-0.2, -0.15) is 0 Å². The molecule has 0 atom stereocenters. The number of ether oxygens (including phenoxy) is 2. The summed E-state index contributed by atoms with van der Waals surface area (Å²) in [6, 6.07) is 5.59. The Bertz CT molecular complexity index is 628. The average molecular weight is 364 g/mol. The molecule has 8 nitrogen and oxygen atoms in total. The first-order valence-electron chi connectivity index (χ1n) is 8.60. The van der Waals surface area contributed by atoms with E-state index in [1.807, 2.05) is 18.2 Å². The molecule has 1 N–H and O–H groups in total. The van der Waals surface area contributed by atoms with Crippen LogP contribution in [0.15, 0.2) is 18.2 Å². The van der Waals surface area contributed by atoms with Crippen LogP contribution >= 0.6 is 0 Å². The fourth-order valence-electron chi connectivity index (χ4n) is 2.83. The predicted molar refractivity (Wildman–Crippen MR) is 98.5 cm³/mol. The third-order valence-electron chi connectivity index (χ3n) is 4.33. The molecule has 144 valence electrons. The summed E-state index contributed by atoms with van der Waals surface area (Å²) in [6.07, 6.45) is 0. The zero-order valence-electron chi connectivity index (χ0n) is 15.9. The lowest BCUT2D eigenvalue weighted by atomic mass is 10.2. The highest BCUT2D eigenvalue weighted by molar-refractivity contribution is 5.78. The lowest BCUT2D eigenvalue weighted by molar-refractivity contribution is -0.122. The van der Waals surface area contributed by atoms with E-state index in [-0.39, 0.29) is 11.9 Å².